The van der Waals surface area contributed by atoms with Crippen LogP contribution in [-0.2, 0) is 0 Å². The molecule has 0 N–H and O–H groups in total. The molecule has 0 aliphatic carbocycles. The van der Waals surface area contributed by atoms with E-state index in [1.165, 1.54) is 11.3 Å². The van der Waals surface area contributed by atoms with E-state index in [0.717, 1.165) is 40.3 Å². The van der Waals surface area contributed by atoms with Gasteiger partial charge >= 0.3 is 0 Å². The van der Waals surface area contributed by atoms with Crippen LogP contribution in [0.2, 0.25) is 0 Å². The number of thiophene rings is 1. The second-order valence-corrected chi connectivity index (χ2v) is 6.26. The van der Waals surface area contributed by atoms with Crippen molar-refractivity contribution in [3.63, 3.8) is 0 Å². The van der Waals surface area contributed by atoms with Crippen molar-refractivity contribution in [1.29, 1.82) is 5.26 Å². The Hall–Kier alpha value is -2.45. The zero-order valence-corrected chi connectivity index (χ0v) is 14.3. The number of aromatic nitrogens is 2. The Morgan fingerprint density at radius 1 is 1.13 bits per heavy atom. The molecule has 4 nitrogen and oxygen atoms in total. The van der Waals surface area contributed by atoms with Crippen LogP contribution in [-0.4, -0.2) is 23.1 Å². The minimum absolute atomic E-state index is 0.714. The lowest BCUT2D eigenvalue weighted by Crippen LogP contribution is -2.23. The predicted molar refractivity (Wildman–Crippen MR) is 95.9 cm³/mol. The smallest absolute Gasteiger partial charge is 0.163 e. The first-order chi connectivity index (χ1) is 11.2. The van der Waals surface area contributed by atoms with Crippen LogP contribution in [0.4, 0.5) is 5.82 Å². The number of nitriles is 1. The Labute approximate surface area is 140 Å². The molecular weight excluding hydrogens is 304 g/mol. The molecule has 0 bridgehead atoms. The molecule has 0 aliphatic heterocycles. The van der Waals surface area contributed by atoms with Gasteiger partial charge in [0.1, 0.15) is 21.6 Å². The van der Waals surface area contributed by atoms with Crippen molar-refractivity contribution in [2.24, 2.45) is 0 Å². The van der Waals surface area contributed by atoms with Gasteiger partial charge in [0.05, 0.1) is 5.39 Å². The Kier molecular flexibility index (Phi) is 4.26. The summed E-state index contributed by atoms with van der Waals surface area (Å²) in [6, 6.07) is 12.3. The molecule has 0 amide bonds. The summed E-state index contributed by atoms with van der Waals surface area (Å²) < 4.78 is 0. The Bertz CT molecular complexity index is 873. The highest BCUT2D eigenvalue weighted by Gasteiger charge is 2.19. The van der Waals surface area contributed by atoms with E-state index < -0.39 is 0 Å². The summed E-state index contributed by atoms with van der Waals surface area (Å²) in [6.07, 6.45) is 0. The van der Waals surface area contributed by atoms with Crippen LogP contribution in [0, 0.1) is 18.3 Å². The quantitative estimate of drug-likeness (QED) is 0.715. The lowest BCUT2D eigenvalue weighted by Gasteiger charge is -2.21. The maximum absolute atomic E-state index is 9.35. The fourth-order valence-corrected chi connectivity index (χ4v) is 3.67. The summed E-state index contributed by atoms with van der Waals surface area (Å²) in [5.41, 5.74) is 1.97. The summed E-state index contributed by atoms with van der Waals surface area (Å²) in [7, 11) is 0. The van der Waals surface area contributed by atoms with Crippen LogP contribution in [0.15, 0.2) is 30.3 Å². The molecule has 0 saturated carbocycles. The molecule has 116 valence electrons. The van der Waals surface area contributed by atoms with E-state index in [4.69, 9.17) is 9.97 Å². The second-order valence-electron chi connectivity index (χ2n) is 5.26. The molecule has 0 atom stereocenters. The largest absolute Gasteiger partial charge is 0.357 e. The van der Waals surface area contributed by atoms with Gasteiger partial charge in [0.2, 0.25) is 0 Å². The molecule has 0 saturated heterocycles. The van der Waals surface area contributed by atoms with Gasteiger partial charge in [-0.2, -0.15) is 5.26 Å². The minimum Gasteiger partial charge on any atom is -0.357 e. The van der Waals surface area contributed by atoms with Crippen molar-refractivity contribution in [1.82, 2.24) is 9.97 Å². The number of anilines is 1. The molecule has 3 aromatic rings. The molecule has 0 radical (unpaired) electrons. The van der Waals surface area contributed by atoms with Crippen molar-refractivity contribution < 1.29 is 0 Å². The predicted octanol–water partition coefficient (Wildman–Crippen LogP) is 4.38. The third kappa shape index (κ3) is 2.66. The average Bonchev–Trinajstić information content (AvgIpc) is 2.93. The number of aryl methyl sites for hydroxylation is 1. The fraction of sp³-hybridized carbons (Fsp3) is 0.278. The maximum Gasteiger partial charge on any atom is 0.163 e. The standard InChI is InChI=1S/C18H18N4S/c1-4-22(5-2)17-15-12(3)14(11-19)23-18(15)21-16(20-17)13-9-7-6-8-10-13/h6-10H,4-5H2,1-3H3. The monoisotopic (exact) mass is 322 g/mol. The van der Waals surface area contributed by atoms with Gasteiger partial charge in [0, 0.05) is 18.7 Å². The number of fused-ring (bicyclic) bond motifs is 1. The van der Waals surface area contributed by atoms with Gasteiger partial charge in [0.25, 0.3) is 0 Å². The highest BCUT2D eigenvalue weighted by Crippen LogP contribution is 2.36. The normalized spacial score (nSPS) is 10.7. The van der Waals surface area contributed by atoms with Crippen LogP contribution in [0.3, 0.4) is 0 Å². The second kappa shape index (κ2) is 6.35. The molecule has 0 aliphatic rings. The molecule has 1 aromatic carbocycles. The van der Waals surface area contributed by atoms with Gasteiger partial charge in [-0.1, -0.05) is 30.3 Å². The van der Waals surface area contributed by atoms with Crippen molar-refractivity contribution in [2.45, 2.75) is 20.8 Å². The number of benzene rings is 1. The molecule has 3 rings (SSSR count). The van der Waals surface area contributed by atoms with Crippen LogP contribution in [0.1, 0.15) is 24.3 Å². The first-order valence-electron chi connectivity index (χ1n) is 7.71. The van der Waals surface area contributed by atoms with Crippen molar-refractivity contribution >= 4 is 27.4 Å². The highest BCUT2D eigenvalue weighted by atomic mass is 32.1. The van der Waals surface area contributed by atoms with E-state index in [9.17, 15) is 5.26 Å². The zero-order valence-electron chi connectivity index (χ0n) is 13.5. The Morgan fingerprint density at radius 2 is 1.83 bits per heavy atom. The molecular formula is C18H18N4S. The van der Waals surface area contributed by atoms with Gasteiger partial charge in [-0.3, -0.25) is 0 Å². The van der Waals surface area contributed by atoms with Gasteiger partial charge in [-0.25, -0.2) is 9.97 Å². The van der Waals surface area contributed by atoms with E-state index in [-0.39, 0.29) is 0 Å². The number of rotatable bonds is 4. The summed E-state index contributed by atoms with van der Waals surface area (Å²) in [5, 5.41) is 10.4. The molecule has 0 unspecified atom stereocenters. The summed E-state index contributed by atoms with van der Waals surface area (Å²) in [5.74, 6) is 1.64. The first-order valence-corrected chi connectivity index (χ1v) is 8.52. The third-order valence-corrected chi connectivity index (χ3v) is 5.06. The van der Waals surface area contributed by atoms with Crippen LogP contribution >= 0.6 is 11.3 Å². The van der Waals surface area contributed by atoms with E-state index in [2.05, 4.69) is 24.8 Å². The van der Waals surface area contributed by atoms with Crippen LogP contribution in [0.25, 0.3) is 21.6 Å². The van der Waals surface area contributed by atoms with Gasteiger partial charge in [0.15, 0.2) is 5.82 Å². The van der Waals surface area contributed by atoms with Crippen molar-refractivity contribution in [2.75, 3.05) is 18.0 Å². The van der Waals surface area contributed by atoms with E-state index >= 15 is 0 Å². The molecule has 0 fully saturated rings. The van der Waals surface area contributed by atoms with Gasteiger partial charge in [-0.15, -0.1) is 11.3 Å². The van der Waals surface area contributed by atoms with E-state index in [1.54, 1.807) is 0 Å². The lowest BCUT2D eigenvalue weighted by atomic mass is 10.1. The van der Waals surface area contributed by atoms with E-state index in [1.807, 2.05) is 37.3 Å². The van der Waals surface area contributed by atoms with Gasteiger partial charge < -0.3 is 4.90 Å². The summed E-state index contributed by atoms with van der Waals surface area (Å²) in [4.78, 5) is 13.4. The SMILES string of the molecule is CCN(CC)c1nc(-c2ccccc2)nc2sc(C#N)c(C)c12. The molecule has 5 heteroatoms. The molecule has 0 spiro atoms. The topological polar surface area (TPSA) is 52.8 Å². The average molecular weight is 322 g/mol. The van der Waals surface area contributed by atoms with Crippen molar-refractivity contribution in [3.05, 3.63) is 40.8 Å². The maximum atomic E-state index is 9.35. The fourth-order valence-electron chi connectivity index (χ4n) is 2.69. The highest BCUT2D eigenvalue weighted by molar-refractivity contribution is 7.19. The third-order valence-electron chi connectivity index (χ3n) is 3.97. The molecule has 2 aromatic heterocycles. The molecule has 2 heterocycles. The van der Waals surface area contributed by atoms with E-state index in [0.29, 0.717) is 10.7 Å². The van der Waals surface area contributed by atoms with Crippen LogP contribution in [0.5, 0.6) is 0 Å². The minimum atomic E-state index is 0.714. The zero-order chi connectivity index (χ0) is 16.4. The van der Waals surface area contributed by atoms with Crippen LogP contribution < -0.4 is 4.90 Å². The summed E-state index contributed by atoms with van der Waals surface area (Å²) >= 11 is 1.45. The van der Waals surface area contributed by atoms with Gasteiger partial charge in [-0.05, 0) is 26.3 Å². The van der Waals surface area contributed by atoms with Crippen molar-refractivity contribution in [3.8, 4) is 17.5 Å². The Balaban J connectivity index is 2.32. The number of hydrogen-bond donors (Lipinski definition) is 0. The number of hydrogen-bond acceptors (Lipinski definition) is 5. The Morgan fingerprint density at radius 3 is 2.43 bits per heavy atom. The molecule has 23 heavy (non-hydrogen) atoms. The summed E-state index contributed by atoms with van der Waals surface area (Å²) in [6.45, 7) is 7.96. The number of nitrogens with zero attached hydrogens (tertiary/aromatic N) is 4. The first kappa shape index (κ1) is 15.4. The lowest BCUT2D eigenvalue weighted by molar-refractivity contribution is 0.850.